The van der Waals surface area contributed by atoms with E-state index in [0.29, 0.717) is 17.9 Å². The normalized spacial score (nSPS) is 15.0. The fraction of sp³-hybridized carbons (Fsp3) is 0.0526. The summed E-state index contributed by atoms with van der Waals surface area (Å²) < 4.78 is 20.7. The largest absolute Gasteiger partial charge is 0.455 e. The summed E-state index contributed by atoms with van der Waals surface area (Å²) in [5, 5.41) is 4.49. The second kappa shape index (κ2) is 9.93. The van der Waals surface area contributed by atoms with E-state index < -0.39 is 6.17 Å². The van der Waals surface area contributed by atoms with Gasteiger partial charge in [0.1, 0.15) is 17.3 Å². The molecule has 7 aromatic rings. The van der Waals surface area contributed by atoms with Crippen molar-refractivity contribution in [1.82, 2.24) is 9.97 Å². The predicted octanol–water partition coefficient (Wildman–Crippen LogP) is 10.2. The Kier molecular flexibility index (Phi) is 5.78. The van der Waals surface area contributed by atoms with E-state index in [2.05, 4.69) is 54.6 Å². The van der Waals surface area contributed by atoms with Crippen LogP contribution in [0.2, 0.25) is 0 Å². The number of allylic oxidation sites excluding steroid dienone is 4. The zero-order chi connectivity index (χ0) is 28.0. The molecule has 0 radical (unpaired) electrons. The first-order valence-electron chi connectivity index (χ1n) is 14.1. The number of rotatable bonds is 4. The molecule has 4 heteroatoms. The maximum atomic E-state index is 14.3. The van der Waals surface area contributed by atoms with Crippen molar-refractivity contribution in [1.29, 1.82) is 0 Å². The number of nitrogens with zero attached hydrogens (tertiary/aromatic N) is 2. The first kappa shape index (κ1) is 24.4. The maximum absolute atomic E-state index is 14.3. The number of fused-ring (bicyclic) bond motifs is 5. The predicted molar refractivity (Wildman–Crippen MR) is 170 cm³/mol. The van der Waals surface area contributed by atoms with Crippen LogP contribution in [0.5, 0.6) is 0 Å². The Balaban J connectivity index is 1.24. The Morgan fingerprint density at radius 1 is 0.619 bits per heavy atom. The van der Waals surface area contributed by atoms with Crippen LogP contribution in [0.15, 0.2) is 138 Å². The van der Waals surface area contributed by atoms with E-state index >= 15 is 0 Å². The van der Waals surface area contributed by atoms with Gasteiger partial charge in [0.15, 0.2) is 5.82 Å². The zero-order valence-electron chi connectivity index (χ0n) is 22.7. The lowest BCUT2D eigenvalue weighted by Gasteiger charge is -2.13. The van der Waals surface area contributed by atoms with Crippen LogP contribution in [0.4, 0.5) is 4.39 Å². The Morgan fingerprint density at radius 2 is 1.38 bits per heavy atom. The van der Waals surface area contributed by atoms with E-state index in [-0.39, 0.29) is 0 Å². The molecule has 0 bridgehead atoms. The molecule has 0 fully saturated rings. The smallest absolute Gasteiger partial charge is 0.160 e. The van der Waals surface area contributed by atoms with E-state index in [1.54, 1.807) is 6.08 Å². The van der Waals surface area contributed by atoms with Gasteiger partial charge in [-0.2, -0.15) is 0 Å². The lowest BCUT2D eigenvalue weighted by molar-refractivity contribution is 0.403. The summed E-state index contributed by atoms with van der Waals surface area (Å²) in [6.45, 7) is 0. The molecule has 2 heterocycles. The minimum absolute atomic E-state index is 0.390. The third kappa shape index (κ3) is 4.29. The van der Waals surface area contributed by atoms with E-state index in [4.69, 9.17) is 14.4 Å². The summed E-state index contributed by atoms with van der Waals surface area (Å²) in [6.07, 6.45) is 4.82. The third-order valence-corrected chi connectivity index (χ3v) is 7.93. The van der Waals surface area contributed by atoms with Gasteiger partial charge in [-0.15, -0.1) is 0 Å². The average molecular weight is 545 g/mol. The molecular weight excluding hydrogens is 519 g/mol. The molecule has 8 rings (SSSR count). The molecule has 0 aliphatic heterocycles. The SMILES string of the molecule is FC1C=C(c2cc(-c3ccccc3)nc(-c3cccc(-c4ccc5c(c4)oc4c6ccccc6ccc54)c3)n2)C=CC1. The van der Waals surface area contributed by atoms with Crippen LogP contribution < -0.4 is 0 Å². The van der Waals surface area contributed by atoms with Gasteiger partial charge in [-0.1, -0.05) is 97.1 Å². The molecule has 5 aromatic carbocycles. The van der Waals surface area contributed by atoms with Gasteiger partial charge in [0, 0.05) is 33.7 Å². The highest BCUT2D eigenvalue weighted by atomic mass is 19.1. The molecule has 1 atom stereocenters. The van der Waals surface area contributed by atoms with Crippen molar-refractivity contribution in [3.8, 4) is 33.8 Å². The topological polar surface area (TPSA) is 38.9 Å². The lowest BCUT2D eigenvalue weighted by Crippen LogP contribution is -2.03. The van der Waals surface area contributed by atoms with E-state index in [9.17, 15) is 4.39 Å². The highest BCUT2D eigenvalue weighted by Gasteiger charge is 2.16. The van der Waals surface area contributed by atoms with Crippen LogP contribution in [0.25, 0.3) is 72.1 Å². The second-order valence-corrected chi connectivity index (χ2v) is 10.7. The maximum Gasteiger partial charge on any atom is 0.160 e. The van der Waals surface area contributed by atoms with Crippen LogP contribution in [0.3, 0.4) is 0 Å². The van der Waals surface area contributed by atoms with Gasteiger partial charge in [0.25, 0.3) is 0 Å². The number of furan rings is 1. The minimum atomic E-state index is -1.02. The summed E-state index contributed by atoms with van der Waals surface area (Å²) >= 11 is 0. The lowest BCUT2D eigenvalue weighted by atomic mass is 9.99. The third-order valence-electron chi connectivity index (χ3n) is 7.93. The van der Waals surface area contributed by atoms with Gasteiger partial charge in [-0.25, -0.2) is 14.4 Å². The van der Waals surface area contributed by atoms with Crippen molar-refractivity contribution >= 4 is 38.3 Å². The standard InChI is InChI=1S/C38H25FN2O/c39-30-14-7-12-28(21-30)35-23-34(25-9-2-1-3-10-25)40-38(41-35)29-13-6-11-26(20-29)27-17-18-32-33-19-16-24-8-4-5-15-31(24)37(33)42-36(32)22-27/h1-13,15-23,30H,14H2. The molecule has 1 unspecified atom stereocenters. The van der Waals surface area contributed by atoms with Crippen molar-refractivity contribution in [3.05, 3.63) is 139 Å². The van der Waals surface area contributed by atoms with Gasteiger partial charge in [-0.3, -0.25) is 0 Å². The molecule has 2 aromatic heterocycles. The van der Waals surface area contributed by atoms with Gasteiger partial charge >= 0.3 is 0 Å². The fourth-order valence-electron chi connectivity index (χ4n) is 5.82. The van der Waals surface area contributed by atoms with Gasteiger partial charge in [0.05, 0.1) is 11.4 Å². The molecule has 3 nitrogen and oxygen atoms in total. The van der Waals surface area contributed by atoms with Crippen LogP contribution in [-0.2, 0) is 0 Å². The van der Waals surface area contributed by atoms with Crippen LogP contribution in [0.1, 0.15) is 12.1 Å². The van der Waals surface area contributed by atoms with E-state index in [1.807, 2.05) is 72.8 Å². The molecule has 42 heavy (non-hydrogen) atoms. The summed E-state index contributed by atoms with van der Waals surface area (Å²) in [6, 6.07) is 39.2. The molecule has 1 aliphatic rings. The van der Waals surface area contributed by atoms with Crippen molar-refractivity contribution in [2.45, 2.75) is 12.6 Å². The Hall–Kier alpha value is -5.35. The molecular formula is C38H25FN2O. The van der Waals surface area contributed by atoms with Crippen LogP contribution >= 0.6 is 0 Å². The Bertz CT molecular complexity index is 2190. The van der Waals surface area contributed by atoms with E-state index in [1.165, 1.54) is 0 Å². The summed E-state index contributed by atoms with van der Waals surface area (Å²) in [7, 11) is 0. The number of hydrogen-bond donors (Lipinski definition) is 0. The van der Waals surface area contributed by atoms with Gasteiger partial charge in [0.2, 0.25) is 0 Å². The first-order chi connectivity index (χ1) is 20.7. The summed E-state index contributed by atoms with van der Waals surface area (Å²) in [5.41, 5.74) is 8.00. The molecule has 0 saturated heterocycles. The quantitative estimate of drug-likeness (QED) is 0.221. The molecule has 0 saturated carbocycles. The minimum Gasteiger partial charge on any atom is -0.455 e. The number of alkyl halides is 1. The average Bonchev–Trinajstić information content (AvgIpc) is 3.43. The first-order valence-corrected chi connectivity index (χ1v) is 14.1. The fourth-order valence-corrected chi connectivity index (χ4v) is 5.82. The molecule has 0 amide bonds. The number of benzene rings is 5. The van der Waals surface area contributed by atoms with Crippen molar-refractivity contribution in [2.24, 2.45) is 0 Å². The molecule has 0 N–H and O–H groups in total. The van der Waals surface area contributed by atoms with Crippen LogP contribution in [-0.4, -0.2) is 16.1 Å². The van der Waals surface area contributed by atoms with Crippen molar-refractivity contribution in [2.75, 3.05) is 0 Å². The number of hydrogen-bond acceptors (Lipinski definition) is 3. The van der Waals surface area contributed by atoms with Crippen LogP contribution in [0, 0.1) is 0 Å². The highest BCUT2D eigenvalue weighted by Crippen LogP contribution is 2.37. The van der Waals surface area contributed by atoms with Crippen molar-refractivity contribution < 1.29 is 8.81 Å². The molecule has 0 spiro atoms. The van der Waals surface area contributed by atoms with E-state index in [0.717, 1.165) is 66.2 Å². The number of halogens is 1. The highest BCUT2D eigenvalue weighted by molar-refractivity contribution is 6.15. The molecule has 1 aliphatic carbocycles. The summed E-state index contributed by atoms with van der Waals surface area (Å²) in [4.78, 5) is 9.87. The number of aromatic nitrogens is 2. The Morgan fingerprint density at radius 3 is 2.29 bits per heavy atom. The zero-order valence-corrected chi connectivity index (χ0v) is 22.7. The van der Waals surface area contributed by atoms with Gasteiger partial charge < -0.3 is 4.42 Å². The Labute approximate surface area is 242 Å². The van der Waals surface area contributed by atoms with Gasteiger partial charge in [-0.05, 0) is 58.5 Å². The monoisotopic (exact) mass is 544 g/mol. The summed E-state index contributed by atoms with van der Waals surface area (Å²) in [5.74, 6) is 0.597. The molecule has 200 valence electrons. The van der Waals surface area contributed by atoms with Crippen molar-refractivity contribution in [3.63, 3.8) is 0 Å². The second-order valence-electron chi connectivity index (χ2n) is 10.7.